The summed E-state index contributed by atoms with van der Waals surface area (Å²) < 4.78 is 12.0. The Kier molecular flexibility index (Phi) is 5.70. The first kappa shape index (κ1) is 20.0. The van der Waals surface area contributed by atoms with Crippen LogP contribution in [0.3, 0.4) is 0 Å². The second-order valence-corrected chi connectivity index (χ2v) is 8.37. The molecule has 0 unspecified atom stereocenters. The van der Waals surface area contributed by atoms with E-state index in [-0.39, 0.29) is 12.0 Å². The highest BCUT2D eigenvalue weighted by molar-refractivity contribution is 6.31. The van der Waals surface area contributed by atoms with Gasteiger partial charge in [-0.3, -0.25) is 9.69 Å². The molecular weight excluding hydrogens is 390 g/mol. The normalized spacial score (nSPS) is 17.7. The number of nitrogens with zero attached hydrogens (tertiary/aromatic N) is 1. The number of carbonyl (C=O) groups is 1. The van der Waals surface area contributed by atoms with E-state index in [9.17, 15) is 4.79 Å². The van der Waals surface area contributed by atoms with Gasteiger partial charge in [0.2, 0.25) is 0 Å². The summed E-state index contributed by atoms with van der Waals surface area (Å²) in [6.45, 7) is 4.85. The molecule has 6 heteroatoms. The number of benzene rings is 2. The lowest BCUT2D eigenvalue weighted by molar-refractivity contribution is -0.138. The topological polar surface area (TPSA) is 59.0 Å². The summed E-state index contributed by atoms with van der Waals surface area (Å²) in [5.74, 6) is 0.875. The number of aliphatic carboxylic acids is 1. The van der Waals surface area contributed by atoms with Crippen molar-refractivity contribution in [2.24, 2.45) is 0 Å². The van der Waals surface area contributed by atoms with Gasteiger partial charge in [0.05, 0.1) is 13.2 Å². The summed E-state index contributed by atoms with van der Waals surface area (Å²) in [6, 6.07) is 12.1. The van der Waals surface area contributed by atoms with Crippen LogP contribution in [0, 0.1) is 0 Å². The maximum Gasteiger partial charge on any atom is 0.317 e. The molecule has 2 aromatic carbocycles. The van der Waals surface area contributed by atoms with Gasteiger partial charge in [0.1, 0.15) is 18.1 Å². The summed E-state index contributed by atoms with van der Waals surface area (Å²) in [5, 5.41) is 9.72. The van der Waals surface area contributed by atoms with Crippen LogP contribution in [0.2, 0.25) is 5.02 Å². The average molecular weight is 416 g/mol. The van der Waals surface area contributed by atoms with Crippen molar-refractivity contribution in [3.8, 4) is 11.5 Å². The fourth-order valence-electron chi connectivity index (χ4n) is 4.31. The summed E-state index contributed by atoms with van der Waals surface area (Å²) in [4.78, 5) is 12.9. The largest absolute Gasteiger partial charge is 0.492 e. The monoisotopic (exact) mass is 415 g/mol. The second-order valence-electron chi connectivity index (χ2n) is 7.96. The SMILES string of the molecule is CCc1ccc(Cl)c(COc2ccc3c(c2)OCC32CCN(CC(=O)O)CC2)c1. The molecule has 2 aliphatic heterocycles. The van der Waals surface area contributed by atoms with Crippen LogP contribution >= 0.6 is 11.6 Å². The number of ether oxygens (including phenoxy) is 2. The number of fused-ring (bicyclic) bond motifs is 2. The van der Waals surface area contributed by atoms with E-state index in [1.165, 1.54) is 11.1 Å². The first-order valence-electron chi connectivity index (χ1n) is 10.1. The van der Waals surface area contributed by atoms with Crippen LogP contribution in [0.25, 0.3) is 0 Å². The van der Waals surface area contributed by atoms with E-state index in [0.29, 0.717) is 18.2 Å². The number of hydrogen-bond acceptors (Lipinski definition) is 4. The van der Waals surface area contributed by atoms with Crippen molar-refractivity contribution in [3.05, 3.63) is 58.1 Å². The zero-order valence-electron chi connectivity index (χ0n) is 16.6. The third-order valence-corrected chi connectivity index (χ3v) is 6.48. The Labute approximate surface area is 176 Å². The molecule has 154 valence electrons. The van der Waals surface area contributed by atoms with Crippen LogP contribution in [0.5, 0.6) is 11.5 Å². The summed E-state index contributed by atoms with van der Waals surface area (Å²) in [7, 11) is 0. The van der Waals surface area contributed by atoms with E-state index >= 15 is 0 Å². The molecule has 0 aliphatic carbocycles. The molecule has 2 aliphatic rings. The average Bonchev–Trinajstić information content (AvgIpc) is 3.06. The number of piperidine rings is 1. The highest BCUT2D eigenvalue weighted by atomic mass is 35.5. The fraction of sp³-hybridized carbons (Fsp3) is 0.435. The maximum absolute atomic E-state index is 10.9. The Morgan fingerprint density at radius 2 is 2.03 bits per heavy atom. The van der Waals surface area contributed by atoms with Gasteiger partial charge in [-0.15, -0.1) is 0 Å². The van der Waals surface area contributed by atoms with Crippen molar-refractivity contribution in [3.63, 3.8) is 0 Å². The van der Waals surface area contributed by atoms with Crippen LogP contribution in [-0.4, -0.2) is 42.2 Å². The molecule has 0 atom stereocenters. The minimum absolute atomic E-state index is 0.0123. The lowest BCUT2D eigenvalue weighted by Gasteiger charge is -2.37. The van der Waals surface area contributed by atoms with E-state index in [0.717, 1.165) is 49.4 Å². The molecule has 0 amide bonds. The van der Waals surface area contributed by atoms with E-state index < -0.39 is 5.97 Å². The van der Waals surface area contributed by atoms with Gasteiger partial charge >= 0.3 is 5.97 Å². The van der Waals surface area contributed by atoms with Gasteiger partial charge in [-0.05, 0) is 50.0 Å². The molecule has 0 radical (unpaired) electrons. The minimum Gasteiger partial charge on any atom is -0.492 e. The molecule has 2 heterocycles. The van der Waals surface area contributed by atoms with E-state index in [2.05, 4.69) is 19.1 Å². The Hall–Kier alpha value is -2.24. The molecule has 0 saturated carbocycles. The smallest absolute Gasteiger partial charge is 0.317 e. The quantitative estimate of drug-likeness (QED) is 0.762. The maximum atomic E-state index is 10.9. The number of hydrogen-bond donors (Lipinski definition) is 1. The molecule has 0 aromatic heterocycles. The van der Waals surface area contributed by atoms with Crippen LogP contribution < -0.4 is 9.47 Å². The molecule has 2 aromatic rings. The molecule has 1 fully saturated rings. The number of rotatable bonds is 6. The number of carboxylic acid groups (broad SMARTS) is 1. The van der Waals surface area contributed by atoms with E-state index in [1.54, 1.807) is 0 Å². The third-order valence-electron chi connectivity index (χ3n) is 6.11. The van der Waals surface area contributed by atoms with Crippen molar-refractivity contribution in [1.29, 1.82) is 0 Å². The second kappa shape index (κ2) is 8.25. The van der Waals surface area contributed by atoms with Gasteiger partial charge in [-0.1, -0.05) is 36.7 Å². The Morgan fingerprint density at radius 1 is 1.24 bits per heavy atom. The molecule has 5 nitrogen and oxygen atoms in total. The van der Waals surface area contributed by atoms with Gasteiger partial charge < -0.3 is 14.6 Å². The van der Waals surface area contributed by atoms with E-state index in [4.69, 9.17) is 26.2 Å². The summed E-state index contributed by atoms with van der Waals surface area (Å²) in [5.41, 5.74) is 3.42. The number of halogens is 1. The highest BCUT2D eigenvalue weighted by Gasteiger charge is 2.43. The fourth-order valence-corrected chi connectivity index (χ4v) is 4.48. The molecule has 4 rings (SSSR count). The van der Waals surface area contributed by atoms with Gasteiger partial charge in [0.25, 0.3) is 0 Å². The van der Waals surface area contributed by atoms with Gasteiger partial charge in [0.15, 0.2) is 0 Å². The molecule has 1 spiro atoms. The van der Waals surface area contributed by atoms with Crippen LogP contribution in [0.4, 0.5) is 0 Å². The highest BCUT2D eigenvalue weighted by Crippen LogP contribution is 2.46. The number of carboxylic acids is 1. The van der Waals surface area contributed by atoms with Gasteiger partial charge in [-0.2, -0.15) is 0 Å². The van der Waals surface area contributed by atoms with Crippen molar-refractivity contribution in [2.45, 2.75) is 38.2 Å². The zero-order valence-corrected chi connectivity index (χ0v) is 17.4. The molecule has 0 bridgehead atoms. The first-order chi connectivity index (χ1) is 14.0. The van der Waals surface area contributed by atoms with Crippen LogP contribution in [-0.2, 0) is 23.2 Å². The molecule has 29 heavy (non-hydrogen) atoms. The lowest BCUT2D eigenvalue weighted by Crippen LogP contribution is -2.45. The Bertz CT molecular complexity index is 906. The van der Waals surface area contributed by atoms with Crippen molar-refractivity contribution in [1.82, 2.24) is 4.90 Å². The predicted molar refractivity (Wildman–Crippen MR) is 112 cm³/mol. The zero-order chi connectivity index (χ0) is 20.4. The summed E-state index contributed by atoms with van der Waals surface area (Å²) >= 11 is 6.31. The lowest BCUT2D eigenvalue weighted by atomic mass is 9.74. The van der Waals surface area contributed by atoms with Crippen LogP contribution in [0.15, 0.2) is 36.4 Å². The van der Waals surface area contributed by atoms with Gasteiger partial charge in [0, 0.05) is 27.6 Å². The molecule has 1 saturated heterocycles. The Balaban J connectivity index is 1.43. The van der Waals surface area contributed by atoms with Crippen molar-refractivity contribution >= 4 is 17.6 Å². The standard InChI is InChI=1S/C23H26ClNO4/c1-2-16-3-6-20(24)17(11-16)14-28-18-4-5-19-21(12-18)29-15-23(19)7-9-25(10-8-23)13-22(26)27/h3-6,11-12H,2,7-10,13-15H2,1H3,(H,26,27). The van der Waals surface area contributed by atoms with Crippen molar-refractivity contribution in [2.75, 3.05) is 26.2 Å². The first-order valence-corrected chi connectivity index (χ1v) is 10.5. The Morgan fingerprint density at radius 3 is 2.76 bits per heavy atom. The van der Waals surface area contributed by atoms with Gasteiger partial charge in [-0.25, -0.2) is 0 Å². The minimum atomic E-state index is -0.768. The van der Waals surface area contributed by atoms with E-state index in [1.807, 2.05) is 29.2 Å². The molecule has 1 N–H and O–H groups in total. The predicted octanol–water partition coefficient (Wildman–Crippen LogP) is 4.29. The van der Waals surface area contributed by atoms with Crippen molar-refractivity contribution < 1.29 is 19.4 Å². The molecular formula is C23H26ClNO4. The number of likely N-dealkylation sites (tertiary alicyclic amines) is 1. The third kappa shape index (κ3) is 4.21. The number of aryl methyl sites for hydroxylation is 1. The summed E-state index contributed by atoms with van der Waals surface area (Å²) in [6.07, 6.45) is 2.78. The van der Waals surface area contributed by atoms with Crippen LogP contribution in [0.1, 0.15) is 36.5 Å².